The fourth-order valence-corrected chi connectivity index (χ4v) is 36.5. The zero-order valence-corrected chi connectivity index (χ0v) is 84.8. The molecular weight excluding hydrogens is 1820 g/mol. The van der Waals surface area contributed by atoms with Crippen LogP contribution in [0.3, 0.4) is 0 Å². The third-order valence-electron chi connectivity index (χ3n) is 42.5. The van der Waals surface area contributed by atoms with E-state index in [-0.39, 0.29) is 93.5 Å². The van der Waals surface area contributed by atoms with Crippen molar-refractivity contribution in [2.45, 2.75) is 348 Å². The van der Waals surface area contributed by atoms with Gasteiger partial charge in [-0.05, 0) is 447 Å². The van der Waals surface area contributed by atoms with E-state index < -0.39 is 35.1 Å². The van der Waals surface area contributed by atoms with E-state index in [4.69, 9.17) is 9.47 Å². The van der Waals surface area contributed by atoms with Crippen molar-refractivity contribution in [3.8, 4) is 23.0 Å². The number of benzene rings is 4. The number of aromatic nitrogens is 12. The van der Waals surface area contributed by atoms with Gasteiger partial charge in [-0.1, -0.05) is 55.5 Å². The molecule has 0 spiro atoms. The highest BCUT2D eigenvalue weighted by atomic mass is 19.4. The summed E-state index contributed by atoms with van der Waals surface area (Å²) in [4.78, 5) is 56.0. The maximum atomic E-state index is 13.7. The molecule has 4 aromatic heterocycles. The molecule has 0 aliphatic heterocycles. The smallest absolute Gasteiger partial charge is 0.494 e. The van der Waals surface area contributed by atoms with Crippen LogP contribution in [0.4, 0.5) is 26.3 Å². The molecule has 16 fully saturated rings. The van der Waals surface area contributed by atoms with Crippen LogP contribution in [0, 0.1) is 164 Å². The van der Waals surface area contributed by atoms with Gasteiger partial charge in [0.1, 0.15) is 76.8 Å². The number of fused-ring (bicyclic) bond motifs is 24. The molecule has 772 valence electrons. The SMILES string of the molecule is COc1cccc2c1nnn2CC(=O)[C@H]1CC[C@H]2[C@@H]3CC[C@@H]4C[C@](C)(O)CC[C@@H]4[C@H]3CC[C@]12C.COc1cccc2nnn(CC(=O)[C@H]3CC[C@H]4[C@@H]5CC[C@@H]6C[C@](C)(O)CC[C@@H]6[C@H]5CC[C@]34C)c12.C[C@@]1(O)CC[C@H]2[C@H](CC[C@@H]3[C@@H]2CC[C@]2(C)[C@@H](C(=O)Cn4nc5ccc(OC(F)(F)F)cc5n4)CC[C@@H]32)C1.C[C@@]1(O)CC[C@H]2[C@H](CC[C@@H]3[C@@H]2CC[C@]2(C)[C@@H](C(=O)Cn4nnc5ccc(OC(F)(F)F)cc54)CC[C@@H]32)C1. The van der Waals surface area contributed by atoms with Gasteiger partial charge in [0.15, 0.2) is 28.6 Å². The summed E-state index contributed by atoms with van der Waals surface area (Å²) in [5.41, 5.74) is 2.85. The fourth-order valence-electron chi connectivity index (χ4n) is 36.5. The molecule has 24 nitrogen and oxygen atoms in total. The largest absolute Gasteiger partial charge is 0.573 e. The monoisotopic (exact) mass is 1970 g/mol. The van der Waals surface area contributed by atoms with Gasteiger partial charge in [-0.3, -0.25) is 19.2 Å². The van der Waals surface area contributed by atoms with Crippen molar-refractivity contribution in [2.24, 2.45) is 164 Å². The number of methoxy groups -OCH3 is 2. The highest BCUT2D eigenvalue weighted by Crippen LogP contribution is 2.71. The van der Waals surface area contributed by atoms with Crippen LogP contribution in [-0.4, -0.2) is 153 Å². The first-order chi connectivity index (χ1) is 67.5. The number of carbonyl (C=O) groups is 4. The normalized spacial score (nSPS) is 40.5. The maximum absolute atomic E-state index is 13.7. The van der Waals surface area contributed by atoms with Gasteiger partial charge in [-0.2, -0.15) is 15.0 Å². The zero-order valence-electron chi connectivity index (χ0n) is 84.8. The quantitative estimate of drug-likeness (QED) is 0.0653. The van der Waals surface area contributed by atoms with E-state index in [1.165, 1.54) is 142 Å². The summed E-state index contributed by atoms with van der Waals surface area (Å²) in [6.45, 7) is 18.1. The van der Waals surface area contributed by atoms with E-state index in [9.17, 15) is 65.9 Å². The number of para-hydroxylation sites is 1. The lowest BCUT2D eigenvalue weighted by atomic mass is 9.49. The fraction of sp³-hybridized carbons (Fsp3) is 0.750. The molecule has 16 saturated carbocycles. The molecule has 32 atom stereocenters. The second kappa shape index (κ2) is 37.6. The first kappa shape index (κ1) is 99.7. The maximum Gasteiger partial charge on any atom is 0.573 e. The van der Waals surface area contributed by atoms with E-state index in [0.717, 1.165) is 198 Å². The van der Waals surface area contributed by atoms with Crippen molar-refractivity contribution >= 4 is 67.3 Å². The molecule has 24 rings (SSSR count). The van der Waals surface area contributed by atoms with Crippen molar-refractivity contribution in [2.75, 3.05) is 14.2 Å². The summed E-state index contributed by atoms with van der Waals surface area (Å²) < 4.78 is 99.7. The van der Waals surface area contributed by atoms with Gasteiger partial charge >= 0.3 is 12.7 Å². The average molecular weight is 1970 g/mol. The number of hydrogen-bond acceptors (Lipinski definition) is 20. The van der Waals surface area contributed by atoms with Crippen molar-refractivity contribution in [3.05, 3.63) is 72.8 Å². The third-order valence-corrected chi connectivity index (χ3v) is 42.5. The highest BCUT2D eigenvalue weighted by Gasteiger charge is 2.65. The van der Waals surface area contributed by atoms with Crippen LogP contribution in [0.25, 0.3) is 44.1 Å². The van der Waals surface area contributed by atoms with E-state index >= 15 is 0 Å². The molecule has 0 saturated heterocycles. The molecule has 4 heterocycles. The first-order valence-electron chi connectivity index (χ1n) is 54.4. The number of carbonyl (C=O) groups excluding carboxylic acids is 4. The Bertz CT molecular complexity index is 6000. The third kappa shape index (κ3) is 18.7. The van der Waals surface area contributed by atoms with E-state index in [2.05, 4.69) is 78.3 Å². The molecule has 8 aromatic rings. The second-order valence-electron chi connectivity index (χ2n) is 50.3. The molecule has 0 bridgehead atoms. The lowest BCUT2D eigenvalue weighted by Gasteiger charge is -2.56. The molecule has 16 aliphatic rings. The van der Waals surface area contributed by atoms with Crippen molar-refractivity contribution < 1.29 is 84.9 Å². The minimum absolute atomic E-state index is 0.00677. The topological polar surface area (TPSA) is 309 Å². The molecule has 0 unspecified atom stereocenters. The predicted octanol–water partition coefficient (Wildman–Crippen LogP) is 21.9. The minimum Gasteiger partial charge on any atom is -0.494 e. The van der Waals surface area contributed by atoms with Gasteiger partial charge in [0, 0.05) is 35.8 Å². The van der Waals surface area contributed by atoms with Gasteiger partial charge in [0.05, 0.1) is 47.7 Å². The molecular formula is C112H150F6N12O12. The van der Waals surface area contributed by atoms with E-state index in [1.807, 2.05) is 64.1 Å². The Morgan fingerprint density at radius 3 is 1.08 bits per heavy atom. The number of aliphatic hydroxyl groups is 4. The number of rotatable bonds is 16. The van der Waals surface area contributed by atoms with Crippen LogP contribution >= 0.6 is 0 Å². The molecule has 0 radical (unpaired) electrons. The highest BCUT2D eigenvalue weighted by molar-refractivity contribution is 5.88. The summed E-state index contributed by atoms with van der Waals surface area (Å²) in [7, 11) is 3.29. The summed E-state index contributed by atoms with van der Waals surface area (Å²) in [6.07, 6.45) is 30.0. The Balaban J connectivity index is 0.000000112. The lowest BCUT2D eigenvalue weighted by Crippen LogP contribution is -2.51. The van der Waals surface area contributed by atoms with E-state index in [1.54, 1.807) is 23.6 Å². The number of alkyl halides is 6. The standard InChI is InChI=1S/2C28H36F3N3O3.2C28H39N3O3/c1-26(36)11-9-18-16(14-26)3-5-20-19(18)10-12-27(2)21(20)6-7-22(27)25(35)15-34-24-13-17(37-28(29,30)31)4-8-23(24)32-33-34;1-26(36)11-9-18-16(14-26)3-5-20-19(18)10-12-27(2)21(20)6-7-22(27)25(35)15-34-32-23-8-4-17(13-24(23)33-34)37-28(29,30)31;1-27(33)13-11-18-17(15-27)7-8-20-19(18)12-14-28(2)21(20)9-10-22(28)24(32)16-31-23-5-4-6-25(34-3)26(23)29-30-31;1-27(33)13-11-18-17(15-27)7-8-20-19(18)12-14-28(2)21(20)9-10-22(28)24(32)16-31-26-23(29-30-31)5-4-6-25(26)34-3/h2*4,8,13,16,18-22,36H,3,5-7,9-12,14-15H2,1-2H3;2*4-6,17-22,33H,7-16H2,1-3H3/t2*16-,18+,19-,20-,21+,22-,26-,27+;2*17-,18+,19-,20-,21+,22-,27-,28+/m1111/s1. The Morgan fingerprint density at radius 2 is 0.676 bits per heavy atom. The van der Waals surface area contributed by atoms with Crippen LogP contribution in [-0.2, 0) is 45.4 Å². The molecule has 142 heavy (non-hydrogen) atoms. The van der Waals surface area contributed by atoms with Crippen molar-refractivity contribution in [1.82, 2.24) is 60.0 Å². The minimum atomic E-state index is -4.79. The van der Waals surface area contributed by atoms with Gasteiger partial charge in [-0.15, -0.1) is 41.6 Å². The summed E-state index contributed by atoms with van der Waals surface area (Å²) >= 11 is 0. The number of ether oxygens (including phenoxy) is 4. The van der Waals surface area contributed by atoms with Gasteiger partial charge in [0.2, 0.25) is 0 Å². The Kier molecular flexibility index (Phi) is 26.4. The summed E-state index contributed by atoms with van der Waals surface area (Å²) in [6, 6.07) is 19.2. The number of hydrogen-bond donors (Lipinski definition) is 4. The molecule has 30 heteroatoms. The van der Waals surface area contributed by atoms with Crippen LogP contribution in [0.15, 0.2) is 72.8 Å². The van der Waals surface area contributed by atoms with Crippen LogP contribution < -0.4 is 18.9 Å². The predicted molar refractivity (Wildman–Crippen MR) is 522 cm³/mol. The molecule has 0 amide bonds. The summed E-state index contributed by atoms with van der Waals surface area (Å²) in [5, 5.41) is 76.5. The Labute approximate surface area is 829 Å². The number of ketones is 4. The Hall–Kier alpha value is -8.22. The Morgan fingerprint density at radius 1 is 0.338 bits per heavy atom. The molecule has 4 N–H and O–H groups in total. The van der Waals surface area contributed by atoms with Gasteiger partial charge in [-0.25, -0.2) is 14.0 Å². The van der Waals surface area contributed by atoms with Gasteiger partial charge in [0.25, 0.3) is 0 Å². The second-order valence-corrected chi connectivity index (χ2v) is 50.3. The van der Waals surface area contributed by atoms with Crippen LogP contribution in [0.2, 0.25) is 0 Å². The van der Waals surface area contributed by atoms with E-state index in [0.29, 0.717) is 123 Å². The molecule has 16 aliphatic carbocycles. The van der Waals surface area contributed by atoms with Crippen molar-refractivity contribution in [1.29, 1.82) is 0 Å². The number of nitrogens with zero attached hydrogens (tertiary/aromatic N) is 12. The number of halogens is 6. The molecule has 4 aromatic carbocycles. The first-order valence-corrected chi connectivity index (χ1v) is 54.4. The van der Waals surface area contributed by atoms with Crippen molar-refractivity contribution in [3.63, 3.8) is 0 Å². The average Bonchev–Trinajstić information content (AvgIpc) is 1.46. The summed E-state index contributed by atoms with van der Waals surface area (Å²) in [5.74, 6) is 15.6. The van der Waals surface area contributed by atoms with Crippen LogP contribution in [0.5, 0.6) is 23.0 Å². The number of Topliss-reactive ketones (excluding diaryl/α,β-unsaturated/α-hetero) is 4. The van der Waals surface area contributed by atoms with Crippen LogP contribution in [0.1, 0.15) is 287 Å². The zero-order chi connectivity index (χ0) is 99.7. The lowest BCUT2D eigenvalue weighted by molar-refractivity contribution is -0.275. The van der Waals surface area contributed by atoms with Gasteiger partial charge < -0.3 is 39.4 Å².